The molecule has 0 heterocycles. The number of rotatable bonds is 8. The summed E-state index contributed by atoms with van der Waals surface area (Å²) < 4.78 is 26.5. The van der Waals surface area contributed by atoms with E-state index in [4.69, 9.17) is 0 Å². The Morgan fingerprint density at radius 2 is 1.88 bits per heavy atom. The molecule has 0 unspecified atom stereocenters. The van der Waals surface area contributed by atoms with Crippen molar-refractivity contribution in [3.63, 3.8) is 0 Å². The molecular formula is C23H29N3O5S. The number of aryl methyl sites for hydroxylation is 3. The molecule has 32 heavy (non-hydrogen) atoms. The molecule has 0 aromatic heterocycles. The van der Waals surface area contributed by atoms with Crippen LogP contribution < -0.4 is 9.62 Å². The number of amides is 1. The van der Waals surface area contributed by atoms with Crippen LogP contribution in [-0.2, 0) is 27.7 Å². The number of nitro groups is 1. The van der Waals surface area contributed by atoms with Gasteiger partial charge in [-0.15, -0.1) is 0 Å². The number of nitrogens with one attached hydrogen (secondary N) is 1. The number of fused-ring (bicyclic) bond motifs is 1. The number of anilines is 1. The number of sulfonamides is 1. The molecule has 1 amide bonds. The van der Waals surface area contributed by atoms with Crippen LogP contribution in [0.25, 0.3) is 0 Å². The van der Waals surface area contributed by atoms with Crippen molar-refractivity contribution in [2.75, 3.05) is 10.6 Å². The lowest BCUT2D eigenvalue weighted by Crippen LogP contribution is -2.50. The summed E-state index contributed by atoms with van der Waals surface area (Å²) in [6.45, 7) is 5.24. The Bertz CT molecular complexity index is 1150. The summed E-state index contributed by atoms with van der Waals surface area (Å²) in [5.74, 6) is -0.447. The van der Waals surface area contributed by atoms with Crippen molar-refractivity contribution in [3.8, 4) is 0 Å². The van der Waals surface area contributed by atoms with Crippen LogP contribution in [0.15, 0.2) is 36.4 Å². The van der Waals surface area contributed by atoms with Crippen LogP contribution in [0.1, 0.15) is 55.0 Å². The second-order valence-corrected chi connectivity index (χ2v) is 10.2. The van der Waals surface area contributed by atoms with Crippen LogP contribution in [0.5, 0.6) is 0 Å². The van der Waals surface area contributed by atoms with E-state index in [9.17, 15) is 23.3 Å². The second-order valence-electron chi connectivity index (χ2n) is 8.32. The summed E-state index contributed by atoms with van der Waals surface area (Å²) in [7, 11) is -3.90. The predicted octanol–water partition coefficient (Wildman–Crippen LogP) is 3.81. The number of carbonyl (C=O) groups excluding carboxylic acids is 1. The molecule has 3 rings (SSSR count). The van der Waals surface area contributed by atoms with Crippen LogP contribution >= 0.6 is 0 Å². The van der Waals surface area contributed by atoms with Crippen molar-refractivity contribution in [1.82, 2.24) is 5.32 Å². The van der Waals surface area contributed by atoms with Gasteiger partial charge in [0.25, 0.3) is 5.69 Å². The largest absolute Gasteiger partial charge is 0.348 e. The third-order valence-corrected chi connectivity index (χ3v) is 7.12. The standard InChI is InChI=1S/C23H29N3O5S/c1-5-21(23(27)24-16(3)18-11-10-17-7-6-8-19(17)13-18)25(32(4,30)31)22-14-20(26(28)29)12-9-15(22)2/h9-14,16,21H,5-8H2,1-4H3,(H,24,27)/t16-,21-/m0/s1. The molecule has 0 fully saturated rings. The van der Waals surface area contributed by atoms with Gasteiger partial charge in [-0.05, 0) is 61.8 Å². The molecule has 0 spiro atoms. The molecule has 0 saturated heterocycles. The quantitative estimate of drug-likeness (QED) is 0.477. The minimum Gasteiger partial charge on any atom is -0.348 e. The van der Waals surface area contributed by atoms with Gasteiger partial charge in [-0.1, -0.05) is 31.2 Å². The highest BCUT2D eigenvalue weighted by atomic mass is 32.2. The summed E-state index contributed by atoms with van der Waals surface area (Å²) in [5.41, 5.74) is 4.02. The first-order valence-electron chi connectivity index (χ1n) is 10.7. The molecule has 1 N–H and O–H groups in total. The van der Waals surface area contributed by atoms with Gasteiger partial charge >= 0.3 is 0 Å². The fourth-order valence-electron chi connectivity index (χ4n) is 4.24. The van der Waals surface area contributed by atoms with E-state index in [1.54, 1.807) is 13.8 Å². The number of nitro benzene ring substituents is 1. The average Bonchev–Trinajstić information content (AvgIpc) is 3.19. The van der Waals surface area contributed by atoms with Crippen molar-refractivity contribution in [1.29, 1.82) is 0 Å². The Labute approximate surface area is 188 Å². The Morgan fingerprint density at radius 1 is 1.19 bits per heavy atom. The molecule has 172 valence electrons. The highest BCUT2D eigenvalue weighted by Crippen LogP contribution is 2.31. The fourth-order valence-corrected chi connectivity index (χ4v) is 5.50. The third kappa shape index (κ3) is 4.93. The van der Waals surface area contributed by atoms with E-state index in [1.807, 2.05) is 13.0 Å². The topological polar surface area (TPSA) is 110 Å². The van der Waals surface area contributed by atoms with Gasteiger partial charge in [0.1, 0.15) is 6.04 Å². The van der Waals surface area contributed by atoms with E-state index in [2.05, 4.69) is 17.4 Å². The zero-order chi connectivity index (χ0) is 23.6. The first kappa shape index (κ1) is 23.7. The van der Waals surface area contributed by atoms with Crippen LogP contribution in [0.2, 0.25) is 0 Å². The lowest BCUT2D eigenvalue weighted by molar-refractivity contribution is -0.384. The zero-order valence-electron chi connectivity index (χ0n) is 18.8. The summed E-state index contributed by atoms with van der Waals surface area (Å²) in [6.07, 6.45) is 4.43. The van der Waals surface area contributed by atoms with Crippen molar-refractivity contribution in [2.45, 2.75) is 58.5 Å². The maximum atomic E-state index is 13.2. The number of hydrogen-bond donors (Lipinski definition) is 1. The van der Waals surface area contributed by atoms with E-state index in [-0.39, 0.29) is 23.8 Å². The summed E-state index contributed by atoms with van der Waals surface area (Å²) in [5, 5.41) is 14.2. The molecular weight excluding hydrogens is 430 g/mol. The van der Waals surface area contributed by atoms with Gasteiger partial charge in [-0.25, -0.2) is 8.42 Å². The van der Waals surface area contributed by atoms with Gasteiger partial charge in [-0.3, -0.25) is 19.2 Å². The first-order chi connectivity index (χ1) is 15.0. The van der Waals surface area contributed by atoms with Crippen molar-refractivity contribution >= 4 is 27.3 Å². The van der Waals surface area contributed by atoms with E-state index in [0.717, 1.165) is 35.4 Å². The Hall–Kier alpha value is -2.94. The van der Waals surface area contributed by atoms with E-state index in [1.165, 1.54) is 29.3 Å². The smallest absolute Gasteiger partial charge is 0.271 e. The SMILES string of the molecule is CC[C@@H](C(=O)N[C@@H](C)c1ccc2c(c1)CCC2)N(c1cc([N+](=O)[O-])ccc1C)S(C)(=O)=O. The highest BCUT2D eigenvalue weighted by molar-refractivity contribution is 7.92. The average molecular weight is 460 g/mol. The minimum absolute atomic E-state index is 0.133. The molecule has 1 aliphatic carbocycles. The lowest BCUT2D eigenvalue weighted by atomic mass is 10.0. The molecule has 0 radical (unpaired) electrons. The van der Waals surface area contributed by atoms with Crippen LogP contribution in [0, 0.1) is 17.0 Å². The molecule has 0 saturated carbocycles. The minimum atomic E-state index is -3.90. The third-order valence-electron chi connectivity index (χ3n) is 5.95. The van der Waals surface area contributed by atoms with Gasteiger partial charge in [0, 0.05) is 12.1 Å². The fraction of sp³-hybridized carbons (Fsp3) is 0.435. The zero-order valence-corrected chi connectivity index (χ0v) is 19.6. The molecule has 2 aromatic rings. The van der Waals surface area contributed by atoms with Gasteiger partial charge in [0.2, 0.25) is 15.9 Å². The summed E-state index contributed by atoms with van der Waals surface area (Å²) in [4.78, 5) is 23.9. The first-order valence-corrected chi connectivity index (χ1v) is 12.5. The maximum absolute atomic E-state index is 13.2. The number of nitrogens with zero attached hydrogens (tertiary/aromatic N) is 2. The Kier molecular flexibility index (Phi) is 6.88. The van der Waals surface area contributed by atoms with E-state index in [0.29, 0.717) is 5.56 Å². The molecule has 1 aliphatic rings. The van der Waals surface area contributed by atoms with E-state index < -0.39 is 26.9 Å². The Balaban J connectivity index is 1.92. The molecule has 9 heteroatoms. The van der Waals surface area contributed by atoms with Crippen LogP contribution in [0.4, 0.5) is 11.4 Å². The molecule has 0 aliphatic heterocycles. The molecule has 2 atom stereocenters. The van der Waals surface area contributed by atoms with E-state index >= 15 is 0 Å². The van der Waals surface area contributed by atoms with Gasteiger partial charge in [-0.2, -0.15) is 0 Å². The Morgan fingerprint density at radius 3 is 2.50 bits per heavy atom. The normalized spacial score (nSPS) is 15.0. The number of hydrogen-bond acceptors (Lipinski definition) is 5. The summed E-state index contributed by atoms with van der Waals surface area (Å²) >= 11 is 0. The van der Waals surface area contributed by atoms with Crippen molar-refractivity contribution in [2.24, 2.45) is 0 Å². The van der Waals surface area contributed by atoms with Gasteiger partial charge in [0.15, 0.2) is 0 Å². The van der Waals surface area contributed by atoms with Crippen LogP contribution in [0.3, 0.4) is 0 Å². The molecule has 2 aromatic carbocycles. The number of carbonyl (C=O) groups is 1. The highest BCUT2D eigenvalue weighted by Gasteiger charge is 2.34. The number of benzene rings is 2. The van der Waals surface area contributed by atoms with Crippen molar-refractivity contribution in [3.05, 3.63) is 68.8 Å². The molecule has 0 bridgehead atoms. The monoisotopic (exact) mass is 459 g/mol. The number of non-ortho nitro benzene ring substituents is 1. The van der Waals surface area contributed by atoms with Crippen molar-refractivity contribution < 1.29 is 18.1 Å². The maximum Gasteiger partial charge on any atom is 0.271 e. The lowest BCUT2D eigenvalue weighted by Gasteiger charge is -2.32. The molecule has 8 nitrogen and oxygen atoms in total. The predicted molar refractivity (Wildman–Crippen MR) is 124 cm³/mol. The summed E-state index contributed by atoms with van der Waals surface area (Å²) in [6, 6.07) is 8.85. The second kappa shape index (κ2) is 9.28. The van der Waals surface area contributed by atoms with Gasteiger partial charge < -0.3 is 5.32 Å². The van der Waals surface area contributed by atoms with Gasteiger partial charge in [0.05, 0.1) is 22.9 Å². The van der Waals surface area contributed by atoms with Crippen LogP contribution in [-0.4, -0.2) is 31.5 Å².